The van der Waals surface area contributed by atoms with Gasteiger partial charge in [0.05, 0.1) is 0 Å². The highest BCUT2D eigenvalue weighted by atomic mass is 16.1. The number of ketones is 1. The van der Waals surface area contributed by atoms with Crippen molar-refractivity contribution in [1.29, 1.82) is 0 Å². The summed E-state index contributed by atoms with van der Waals surface area (Å²) in [6, 6.07) is 8.25. The molecule has 3 nitrogen and oxygen atoms in total. The molecule has 41 heavy (non-hydrogen) atoms. The summed E-state index contributed by atoms with van der Waals surface area (Å²) >= 11 is 0. The van der Waals surface area contributed by atoms with Crippen LogP contribution in [0.25, 0.3) is 0 Å². The van der Waals surface area contributed by atoms with Gasteiger partial charge in [-0.2, -0.15) is 0 Å². The van der Waals surface area contributed by atoms with E-state index in [1.54, 1.807) is 5.57 Å². The highest BCUT2D eigenvalue weighted by molar-refractivity contribution is 6.00. The highest BCUT2D eigenvalue weighted by Crippen LogP contribution is 2.76. The zero-order valence-corrected chi connectivity index (χ0v) is 27.4. The van der Waals surface area contributed by atoms with Gasteiger partial charge in [0, 0.05) is 18.0 Å². The van der Waals surface area contributed by atoms with Crippen molar-refractivity contribution in [2.45, 2.75) is 126 Å². The minimum absolute atomic E-state index is 0.0454. The van der Waals surface area contributed by atoms with E-state index < -0.39 is 0 Å². The number of fused-ring (bicyclic) bond motifs is 7. The molecule has 0 heterocycles. The zero-order chi connectivity index (χ0) is 29.8. The van der Waals surface area contributed by atoms with Crippen LogP contribution in [0.2, 0.25) is 0 Å². The molecule has 1 aromatic carbocycles. The molecule has 4 saturated carbocycles. The van der Waals surface area contributed by atoms with Crippen LogP contribution in [0.3, 0.4) is 0 Å². The second kappa shape index (κ2) is 9.30. The normalized spacial score (nSPS) is 43.2. The van der Waals surface area contributed by atoms with Crippen molar-refractivity contribution >= 4 is 11.7 Å². The standard InChI is InChI=1S/C38H55NO2/c1-23(2)31-27(40)22-35(6)19-20-36(7)26(32(31)35)13-14-29-37(36,8)18-15-28-34(4,5)17-16-30(38(28,29)9)39-33(41)25-12-10-11-24(3)21-25/h10-12,21,23,26,28-30H,13-20,22H2,1-9H3,(H,39,41)/t26-,28+,29+,30?,35+,36-,37-,38+/m1/s1. The molecule has 1 aromatic rings. The first-order valence-electron chi connectivity index (χ1n) is 16.7. The molecule has 0 aromatic heterocycles. The molecule has 0 aliphatic heterocycles. The van der Waals surface area contributed by atoms with Gasteiger partial charge in [-0.1, -0.05) is 78.7 Å². The third-order valence-electron chi connectivity index (χ3n) is 14.3. The molecule has 0 radical (unpaired) electrons. The molecule has 0 saturated heterocycles. The fraction of sp³-hybridized carbons (Fsp3) is 0.737. The van der Waals surface area contributed by atoms with E-state index in [0.29, 0.717) is 29.5 Å². The first-order chi connectivity index (χ1) is 19.1. The molecule has 5 aliphatic rings. The van der Waals surface area contributed by atoms with Crippen molar-refractivity contribution in [1.82, 2.24) is 5.32 Å². The molecule has 4 fully saturated rings. The Labute approximate surface area is 249 Å². The zero-order valence-electron chi connectivity index (χ0n) is 27.4. The Morgan fingerprint density at radius 1 is 0.878 bits per heavy atom. The van der Waals surface area contributed by atoms with Gasteiger partial charge in [0.25, 0.3) is 5.91 Å². The number of carbonyl (C=O) groups excluding carboxylic acids is 2. The van der Waals surface area contributed by atoms with Gasteiger partial charge in [-0.25, -0.2) is 0 Å². The predicted molar refractivity (Wildman–Crippen MR) is 168 cm³/mol. The maximum Gasteiger partial charge on any atom is 0.251 e. The van der Waals surface area contributed by atoms with Crippen LogP contribution >= 0.6 is 0 Å². The Kier molecular flexibility index (Phi) is 6.62. The summed E-state index contributed by atoms with van der Waals surface area (Å²) in [5.41, 5.74) is 5.40. The number of amides is 1. The minimum atomic E-state index is 0.0454. The third kappa shape index (κ3) is 3.95. The monoisotopic (exact) mass is 557 g/mol. The predicted octanol–water partition coefficient (Wildman–Crippen LogP) is 9.09. The average Bonchev–Trinajstić information content (AvgIpc) is 3.16. The van der Waals surface area contributed by atoms with Gasteiger partial charge in [-0.3, -0.25) is 9.59 Å². The number of rotatable bonds is 3. The van der Waals surface area contributed by atoms with Gasteiger partial charge >= 0.3 is 0 Å². The number of hydrogen-bond acceptors (Lipinski definition) is 2. The van der Waals surface area contributed by atoms with Crippen molar-refractivity contribution in [2.75, 3.05) is 0 Å². The molecule has 1 unspecified atom stereocenters. The summed E-state index contributed by atoms with van der Waals surface area (Å²) in [6.45, 7) is 21.8. The van der Waals surface area contributed by atoms with E-state index in [1.165, 1.54) is 44.1 Å². The van der Waals surface area contributed by atoms with Crippen molar-refractivity contribution in [3.63, 3.8) is 0 Å². The number of aryl methyl sites for hydroxylation is 1. The van der Waals surface area contributed by atoms with E-state index in [4.69, 9.17) is 0 Å². The Balaban J connectivity index is 1.41. The number of carbonyl (C=O) groups is 2. The van der Waals surface area contributed by atoms with Crippen LogP contribution in [0.1, 0.15) is 129 Å². The summed E-state index contributed by atoms with van der Waals surface area (Å²) in [5, 5.41) is 3.65. The maximum atomic E-state index is 13.7. The number of benzene rings is 1. The van der Waals surface area contributed by atoms with E-state index in [1.807, 2.05) is 18.2 Å². The van der Waals surface area contributed by atoms with Gasteiger partial charge < -0.3 is 5.32 Å². The molecule has 0 bridgehead atoms. The molecule has 5 aliphatic carbocycles. The quantitative estimate of drug-likeness (QED) is 0.403. The summed E-state index contributed by atoms with van der Waals surface area (Å²) < 4.78 is 0. The lowest BCUT2D eigenvalue weighted by Gasteiger charge is -2.72. The van der Waals surface area contributed by atoms with Crippen LogP contribution < -0.4 is 5.32 Å². The van der Waals surface area contributed by atoms with Gasteiger partial charge in [0.15, 0.2) is 5.78 Å². The van der Waals surface area contributed by atoms with Crippen LogP contribution in [0, 0.1) is 57.7 Å². The molecular formula is C38H55NO2. The van der Waals surface area contributed by atoms with Crippen molar-refractivity contribution in [2.24, 2.45) is 50.7 Å². The first-order valence-corrected chi connectivity index (χ1v) is 16.7. The number of allylic oxidation sites excluding steroid dienone is 2. The summed E-state index contributed by atoms with van der Waals surface area (Å²) in [7, 11) is 0. The smallest absolute Gasteiger partial charge is 0.251 e. The van der Waals surface area contributed by atoms with Gasteiger partial charge in [-0.05, 0) is 127 Å². The van der Waals surface area contributed by atoms with E-state index in [9.17, 15) is 9.59 Å². The average molecular weight is 558 g/mol. The van der Waals surface area contributed by atoms with Crippen LogP contribution in [0.5, 0.6) is 0 Å². The molecule has 8 atom stereocenters. The van der Waals surface area contributed by atoms with Crippen LogP contribution in [-0.2, 0) is 4.79 Å². The Morgan fingerprint density at radius 2 is 1.61 bits per heavy atom. The highest BCUT2D eigenvalue weighted by Gasteiger charge is 2.70. The van der Waals surface area contributed by atoms with Crippen molar-refractivity contribution in [3.8, 4) is 0 Å². The van der Waals surface area contributed by atoms with E-state index in [2.05, 4.69) is 73.7 Å². The lowest BCUT2D eigenvalue weighted by atomic mass is 9.32. The van der Waals surface area contributed by atoms with E-state index in [0.717, 1.165) is 30.4 Å². The number of hydrogen-bond donors (Lipinski definition) is 1. The third-order valence-corrected chi connectivity index (χ3v) is 14.3. The summed E-state index contributed by atoms with van der Waals surface area (Å²) in [6.07, 6.45) is 10.2. The fourth-order valence-corrected chi connectivity index (χ4v) is 12.1. The van der Waals surface area contributed by atoms with Crippen molar-refractivity contribution < 1.29 is 9.59 Å². The summed E-state index contributed by atoms with van der Waals surface area (Å²) in [5.74, 6) is 2.48. The van der Waals surface area contributed by atoms with E-state index in [-0.39, 0.29) is 39.0 Å². The molecule has 1 N–H and O–H groups in total. The van der Waals surface area contributed by atoms with Gasteiger partial charge in [0.1, 0.15) is 0 Å². The largest absolute Gasteiger partial charge is 0.349 e. The van der Waals surface area contributed by atoms with Gasteiger partial charge in [-0.15, -0.1) is 0 Å². The molecule has 0 spiro atoms. The number of Topliss-reactive ketones (excluding diaryl/α,β-unsaturated/α-hetero) is 1. The molecule has 1 amide bonds. The Morgan fingerprint density at radius 3 is 2.29 bits per heavy atom. The SMILES string of the molecule is Cc1cccc(C(=O)NC2CCC(C)(C)[C@@H]3CC[C@]4(C)[C@H](CC[C@@H]5C6=C(C(C)C)C(=O)C[C@]6(C)CC[C@]54C)[C@@]23C)c1. The topological polar surface area (TPSA) is 46.2 Å². The molecular weight excluding hydrogens is 502 g/mol. The fourth-order valence-electron chi connectivity index (χ4n) is 12.1. The summed E-state index contributed by atoms with van der Waals surface area (Å²) in [4.78, 5) is 27.1. The van der Waals surface area contributed by atoms with Crippen LogP contribution in [0.15, 0.2) is 35.4 Å². The lowest BCUT2D eigenvalue weighted by molar-refractivity contribution is -0.219. The van der Waals surface area contributed by atoms with Crippen LogP contribution in [-0.4, -0.2) is 17.7 Å². The van der Waals surface area contributed by atoms with E-state index >= 15 is 0 Å². The Bertz CT molecular complexity index is 1300. The first kappa shape index (κ1) is 29.2. The Hall–Kier alpha value is -1.90. The van der Waals surface area contributed by atoms with Crippen molar-refractivity contribution in [3.05, 3.63) is 46.5 Å². The second-order valence-electron chi connectivity index (χ2n) is 17.0. The lowest BCUT2D eigenvalue weighted by Crippen LogP contribution is -2.69. The number of nitrogens with one attached hydrogen (secondary N) is 1. The van der Waals surface area contributed by atoms with Crippen LogP contribution in [0.4, 0.5) is 0 Å². The molecule has 3 heteroatoms. The second-order valence-corrected chi connectivity index (χ2v) is 17.0. The minimum Gasteiger partial charge on any atom is -0.349 e. The molecule has 224 valence electrons. The molecule has 6 rings (SSSR count). The maximum absolute atomic E-state index is 13.7. The van der Waals surface area contributed by atoms with Gasteiger partial charge in [0.2, 0.25) is 0 Å².